The number of aryl methyl sites for hydroxylation is 2. The molecule has 0 saturated heterocycles. The van der Waals surface area contributed by atoms with Crippen molar-refractivity contribution in [2.24, 2.45) is 0 Å². The summed E-state index contributed by atoms with van der Waals surface area (Å²) in [7, 11) is 0. The summed E-state index contributed by atoms with van der Waals surface area (Å²) in [6, 6.07) is 8.28. The zero-order chi connectivity index (χ0) is 11.8. The SMILES string of the molecule is Cc1cccc(-c2nc3c(s2)C(=O)CCC3)c1. The Hall–Kier alpha value is -1.48. The summed E-state index contributed by atoms with van der Waals surface area (Å²) in [6.07, 6.45) is 2.58. The molecular formula is C14H13NOS. The molecule has 17 heavy (non-hydrogen) atoms. The van der Waals surface area contributed by atoms with Crippen LogP contribution in [0.2, 0.25) is 0 Å². The maximum absolute atomic E-state index is 11.8. The highest BCUT2D eigenvalue weighted by atomic mass is 32.1. The lowest BCUT2D eigenvalue weighted by Gasteiger charge is -2.06. The first-order chi connectivity index (χ1) is 8.24. The highest BCUT2D eigenvalue weighted by Crippen LogP contribution is 2.32. The van der Waals surface area contributed by atoms with Crippen LogP contribution >= 0.6 is 11.3 Å². The number of hydrogen-bond acceptors (Lipinski definition) is 3. The van der Waals surface area contributed by atoms with Gasteiger partial charge in [0.15, 0.2) is 5.78 Å². The van der Waals surface area contributed by atoms with Crippen LogP contribution in [-0.4, -0.2) is 10.8 Å². The third kappa shape index (κ3) is 1.91. The topological polar surface area (TPSA) is 30.0 Å². The summed E-state index contributed by atoms with van der Waals surface area (Å²) in [5.74, 6) is 0.266. The van der Waals surface area contributed by atoms with Crippen molar-refractivity contribution in [1.82, 2.24) is 4.98 Å². The van der Waals surface area contributed by atoms with Crippen LogP contribution in [0.25, 0.3) is 10.6 Å². The maximum Gasteiger partial charge on any atom is 0.174 e. The maximum atomic E-state index is 11.8. The summed E-state index contributed by atoms with van der Waals surface area (Å²) in [5, 5.41) is 0.981. The number of thiazole rings is 1. The molecule has 3 rings (SSSR count). The molecule has 2 nitrogen and oxygen atoms in total. The lowest BCUT2D eigenvalue weighted by Crippen LogP contribution is -2.07. The molecule has 0 fully saturated rings. The van der Waals surface area contributed by atoms with Gasteiger partial charge in [-0.25, -0.2) is 4.98 Å². The first-order valence-corrected chi connectivity index (χ1v) is 6.65. The zero-order valence-corrected chi connectivity index (χ0v) is 10.5. The molecule has 1 aromatic carbocycles. The average Bonchev–Trinajstić information content (AvgIpc) is 2.74. The van der Waals surface area contributed by atoms with Gasteiger partial charge in [0.05, 0.1) is 10.6 Å². The van der Waals surface area contributed by atoms with E-state index in [-0.39, 0.29) is 5.78 Å². The molecule has 1 aliphatic rings. The Bertz CT molecular complexity index is 586. The van der Waals surface area contributed by atoms with Crippen LogP contribution < -0.4 is 0 Å². The molecule has 0 N–H and O–H groups in total. The van der Waals surface area contributed by atoms with Gasteiger partial charge in [0.25, 0.3) is 0 Å². The molecule has 1 aliphatic carbocycles. The van der Waals surface area contributed by atoms with Crippen molar-refractivity contribution in [3.8, 4) is 10.6 Å². The Kier molecular flexibility index (Phi) is 2.56. The van der Waals surface area contributed by atoms with Gasteiger partial charge in [-0.3, -0.25) is 4.79 Å². The Morgan fingerprint density at radius 3 is 2.94 bits per heavy atom. The molecule has 1 aromatic heterocycles. The molecule has 1 heterocycles. The Balaban J connectivity index is 2.08. The van der Waals surface area contributed by atoms with E-state index < -0.39 is 0 Å². The van der Waals surface area contributed by atoms with Crippen LogP contribution in [0.3, 0.4) is 0 Å². The molecule has 2 aromatic rings. The minimum absolute atomic E-state index is 0.266. The van der Waals surface area contributed by atoms with Gasteiger partial charge in [-0.05, 0) is 25.8 Å². The number of benzene rings is 1. The third-order valence-corrected chi connectivity index (χ3v) is 4.22. The van der Waals surface area contributed by atoms with Crippen molar-refractivity contribution in [1.29, 1.82) is 0 Å². The van der Waals surface area contributed by atoms with Gasteiger partial charge in [-0.1, -0.05) is 23.8 Å². The quantitative estimate of drug-likeness (QED) is 0.765. The highest BCUT2D eigenvalue weighted by molar-refractivity contribution is 7.17. The van der Waals surface area contributed by atoms with E-state index in [0.717, 1.165) is 34.0 Å². The minimum atomic E-state index is 0.266. The molecule has 0 bridgehead atoms. The van der Waals surface area contributed by atoms with Gasteiger partial charge < -0.3 is 0 Å². The van der Waals surface area contributed by atoms with Crippen molar-refractivity contribution in [3.63, 3.8) is 0 Å². The second-order valence-electron chi connectivity index (χ2n) is 4.44. The van der Waals surface area contributed by atoms with Crippen LogP contribution in [0.1, 0.15) is 33.8 Å². The van der Waals surface area contributed by atoms with Crippen molar-refractivity contribution in [3.05, 3.63) is 40.4 Å². The second kappa shape index (κ2) is 4.08. The lowest BCUT2D eigenvalue weighted by atomic mass is 10.0. The number of nitrogens with zero attached hydrogens (tertiary/aromatic N) is 1. The van der Waals surface area contributed by atoms with Crippen molar-refractivity contribution >= 4 is 17.1 Å². The van der Waals surface area contributed by atoms with E-state index in [4.69, 9.17) is 0 Å². The molecule has 0 aliphatic heterocycles. The number of Topliss-reactive ketones (excluding diaryl/α,β-unsaturated/α-hetero) is 1. The first-order valence-electron chi connectivity index (χ1n) is 5.84. The van der Waals surface area contributed by atoms with Gasteiger partial charge in [0.1, 0.15) is 5.01 Å². The average molecular weight is 243 g/mol. The number of ketones is 1. The van der Waals surface area contributed by atoms with Crippen molar-refractivity contribution < 1.29 is 4.79 Å². The largest absolute Gasteiger partial charge is 0.293 e. The number of aromatic nitrogens is 1. The summed E-state index contributed by atoms with van der Waals surface area (Å²) in [5.41, 5.74) is 3.35. The predicted octanol–water partition coefficient (Wildman–Crippen LogP) is 3.64. The van der Waals surface area contributed by atoms with Gasteiger partial charge in [0, 0.05) is 12.0 Å². The standard InChI is InChI=1S/C14H13NOS/c1-9-4-2-5-10(8-9)14-15-11-6-3-7-12(16)13(11)17-14/h2,4-5,8H,3,6-7H2,1H3. The van der Waals surface area contributed by atoms with E-state index >= 15 is 0 Å². The molecule has 0 spiro atoms. The summed E-state index contributed by atoms with van der Waals surface area (Å²) in [6.45, 7) is 2.07. The van der Waals surface area contributed by atoms with Crippen molar-refractivity contribution in [2.75, 3.05) is 0 Å². The summed E-state index contributed by atoms with van der Waals surface area (Å²) >= 11 is 1.54. The van der Waals surface area contributed by atoms with Crippen LogP contribution in [0.5, 0.6) is 0 Å². The fourth-order valence-corrected chi connectivity index (χ4v) is 3.25. The van der Waals surface area contributed by atoms with E-state index in [1.54, 1.807) is 11.3 Å². The first kappa shape index (κ1) is 10.7. The second-order valence-corrected chi connectivity index (χ2v) is 5.44. The number of carbonyl (C=O) groups excluding carboxylic acids is 1. The Labute approximate surface area is 104 Å². The molecular weight excluding hydrogens is 230 g/mol. The van der Waals surface area contributed by atoms with Gasteiger partial charge in [0.2, 0.25) is 0 Å². The normalized spacial score (nSPS) is 14.8. The molecule has 0 saturated carbocycles. The lowest BCUT2D eigenvalue weighted by molar-refractivity contribution is 0.0976. The van der Waals surface area contributed by atoms with Gasteiger partial charge >= 0.3 is 0 Å². The molecule has 0 radical (unpaired) electrons. The minimum Gasteiger partial charge on any atom is -0.293 e. The molecule has 0 atom stereocenters. The van der Waals surface area contributed by atoms with Crippen LogP contribution in [0.4, 0.5) is 0 Å². The Morgan fingerprint density at radius 1 is 1.29 bits per heavy atom. The van der Waals surface area contributed by atoms with Crippen molar-refractivity contribution in [2.45, 2.75) is 26.2 Å². The molecule has 0 amide bonds. The predicted molar refractivity (Wildman–Crippen MR) is 69.6 cm³/mol. The summed E-state index contributed by atoms with van der Waals surface area (Å²) < 4.78 is 0. The fraction of sp³-hybridized carbons (Fsp3) is 0.286. The smallest absolute Gasteiger partial charge is 0.174 e. The fourth-order valence-electron chi connectivity index (χ4n) is 2.17. The van der Waals surface area contributed by atoms with E-state index in [2.05, 4.69) is 30.1 Å². The number of fused-ring (bicyclic) bond motifs is 1. The highest BCUT2D eigenvalue weighted by Gasteiger charge is 2.22. The third-order valence-electron chi connectivity index (χ3n) is 3.03. The van der Waals surface area contributed by atoms with E-state index in [0.29, 0.717) is 6.42 Å². The molecule has 3 heteroatoms. The van der Waals surface area contributed by atoms with Crippen LogP contribution in [-0.2, 0) is 6.42 Å². The number of rotatable bonds is 1. The molecule has 0 unspecified atom stereocenters. The number of carbonyl (C=O) groups is 1. The van der Waals surface area contributed by atoms with E-state index in [1.165, 1.54) is 5.56 Å². The molecule has 86 valence electrons. The van der Waals surface area contributed by atoms with Gasteiger partial charge in [-0.15, -0.1) is 11.3 Å². The summed E-state index contributed by atoms with van der Waals surface area (Å²) in [4.78, 5) is 17.3. The van der Waals surface area contributed by atoms with Gasteiger partial charge in [-0.2, -0.15) is 0 Å². The van der Waals surface area contributed by atoms with E-state index in [1.807, 2.05) is 6.07 Å². The monoisotopic (exact) mass is 243 g/mol. The van der Waals surface area contributed by atoms with Crippen LogP contribution in [0.15, 0.2) is 24.3 Å². The van der Waals surface area contributed by atoms with Crippen LogP contribution in [0, 0.1) is 6.92 Å². The Morgan fingerprint density at radius 2 is 2.18 bits per heavy atom. The van der Waals surface area contributed by atoms with E-state index in [9.17, 15) is 4.79 Å². The zero-order valence-electron chi connectivity index (χ0n) is 9.69. The number of hydrogen-bond donors (Lipinski definition) is 0.